The van der Waals surface area contributed by atoms with Gasteiger partial charge in [0, 0.05) is 48.1 Å². The number of rotatable bonds is 13. The second kappa shape index (κ2) is 12.6. The largest absolute Gasteiger partial charge is 0.481 e. The van der Waals surface area contributed by atoms with Crippen LogP contribution in [0.4, 0.5) is 11.4 Å². The molecule has 2 aromatic carbocycles. The highest BCUT2D eigenvalue weighted by Gasteiger charge is 2.44. The predicted molar refractivity (Wildman–Crippen MR) is 134 cm³/mol. The first-order chi connectivity index (χ1) is 16.4. The topological polar surface area (TPSA) is 91.4 Å². The summed E-state index contributed by atoms with van der Waals surface area (Å²) in [6.45, 7) is 5.17. The number of hydrogen-bond donors (Lipinski definition) is 2. The number of para-hydroxylation sites is 1. The van der Waals surface area contributed by atoms with Crippen molar-refractivity contribution in [2.45, 2.75) is 56.3 Å². The Morgan fingerprint density at radius 2 is 1.94 bits per heavy atom. The third-order valence-corrected chi connectivity index (χ3v) is 6.39. The third kappa shape index (κ3) is 6.87. The number of carbonyl (C=O) groups is 1. The van der Waals surface area contributed by atoms with Gasteiger partial charge >= 0.3 is 5.97 Å². The molecule has 1 heterocycles. The van der Waals surface area contributed by atoms with Gasteiger partial charge in [0.05, 0.1) is 23.1 Å². The first kappa shape index (κ1) is 25.8. The second-order valence-corrected chi connectivity index (χ2v) is 9.33. The highest BCUT2D eigenvalue weighted by Crippen LogP contribution is 2.42. The average molecular weight is 484 g/mol. The van der Waals surface area contributed by atoms with Gasteiger partial charge in [0.1, 0.15) is 6.54 Å². The molecule has 0 aliphatic carbocycles. The lowest BCUT2D eigenvalue weighted by Crippen LogP contribution is -2.28. The number of benzene rings is 2. The van der Waals surface area contributed by atoms with Crippen LogP contribution in [0.2, 0.25) is 0 Å². The minimum Gasteiger partial charge on any atom is -0.481 e. The Morgan fingerprint density at radius 1 is 1.15 bits per heavy atom. The number of carboxylic acids is 1. The van der Waals surface area contributed by atoms with Crippen molar-refractivity contribution in [2.24, 2.45) is 4.99 Å². The summed E-state index contributed by atoms with van der Waals surface area (Å²) in [5.41, 5.74) is 4.13. The van der Waals surface area contributed by atoms with Crippen LogP contribution in [0.5, 0.6) is 0 Å². The van der Waals surface area contributed by atoms with Crippen LogP contribution in [0.3, 0.4) is 0 Å². The summed E-state index contributed by atoms with van der Waals surface area (Å²) >= 11 is 0.948. The molecule has 1 aliphatic heterocycles. The first-order valence-electron chi connectivity index (χ1n) is 11.3. The molecular formula is C26H31N2O5S+. The van der Waals surface area contributed by atoms with Gasteiger partial charge in [-0.1, -0.05) is 29.3 Å². The highest BCUT2D eigenvalue weighted by molar-refractivity contribution is 7.94. The lowest BCUT2D eigenvalue weighted by atomic mass is 9.81. The van der Waals surface area contributed by atoms with Gasteiger partial charge in [-0.25, -0.2) is 5.26 Å². The van der Waals surface area contributed by atoms with Crippen molar-refractivity contribution < 1.29 is 29.1 Å². The van der Waals surface area contributed by atoms with E-state index < -0.39 is 5.97 Å². The summed E-state index contributed by atoms with van der Waals surface area (Å²) < 4.78 is 6.93. The van der Waals surface area contributed by atoms with Crippen LogP contribution in [-0.4, -0.2) is 39.4 Å². The number of hydrogen-bond acceptors (Lipinski definition) is 6. The number of allylic oxidation sites excluding steroid dienone is 2. The van der Waals surface area contributed by atoms with Gasteiger partial charge in [-0.05, 0) is 51.0 Å². The van der Waals surface area contributed by atoms with E-state index >= 15 is 0 Å². The van der Waals surface area contributed by atoms with Crippen molar-refractivity contribution >= 4 is 41.3 Å². The Balaban J connectivity index is 1.79. The minimum atomic E-state index is -0.751. The van der Waals surface area contributed by atoms with Crippen LogP contribution in [-0.2, 0) is 19.6 Å². The van der Waals surface area contributed by atoms with Crippen LogP contribution in [0.1, 0.15) is 51.5 Å². The molecule has 0 fully saturated rings. The molecule has 0 atom stereocenters. The molecule has 2 N–H and O–H groups in total. The zero-order valence-electron chi connectivity index (χ0n) is 19.5. The van der Waals surface area contributed by atoms with Crippen LogP contribution in [0.15, 0.2) is 70.6 Å². The summed E-state index contributed by atoms with van der Waals surface area (Å²) in [5.74, 6) is -0.751. The summed E-state index contributed by atoms with van der Waals surface area (Å²) in [6, 6.07) is 15.9. The molecule has 3 rings (SSSR count). The van der Waals surface area contributed by atoms with E-state index in [-0.39, 0.29) is 11.8 Å². The molecule has 8 heteroatoms. The standard InChI is InChI=1S/C26H30N2O5S/c1-26(2)22-19-21(34-33-32-31)15-16-23(22)28(18-10-4-7-14-25(29)30)24(26)13-8-9-17-27-20-11-5-3-6-12-20/h3,5-6,8,11-13,15-17,19H,4,7,9-10,14,18H2,1-2H3,(H-,29,30,31)/p+1. The first-order valence-corrected chi connectivity index (χ1v) is 12.1. The van der Waals surface area contributed by atoms with Crippen molar-refractivity contribution in [1.82, 2.24) is 0 Å². The van der Waals surface area contributed by atoms with Crippen molar-refractivity contribution in [3.63, 3.8) is 0 Å². The van der Waals surface area contributed by atoms with Gasteiger partial charge in [0.15, 0.2) is 5.71 Å². The average Bonchev–Trinajstić information content (AvgIpc) is 3.03. The van der Waals surface area contributed by atoms with E-state index in [1.165, 1.54) is 5.71 Å². The van der Waals surface area contributed by atoms with Gasteiger partial charge in [-0.2, -0.15) is 4.58 Å². The van der Waals surface area contributed by atoms with Crippen LogP contribution >= 0.6 is 12.0 Å². The van der Waals surface area contributed by atoms with E-state index in [2.05, 4.69) is 51.0 Å². The molecule has 0 saturated carbocycles. The maximum Gasteiger partial charge on any atom is 0.303 e. The lowest BCUT2D eigenvalue weighted by molar-refractivity contribution is -0.438. The molecule has 0 bridgehead atoms. The van der Waals surface area contributed by atoms with Gasteiger partial charge in [-0.3, -0.25) is 9.79 Å². The van der Waals surface area contributed by atoms with E-state index in [9.17, 15) is 4.79 Å². The maximum absolute atomic E-state index is 10.8. The van der Waals surface area contributed by atoms with Crippen molar-refractivity contribution in [2.75, 3.05) is 6.54 Å². The Labute approximate surface area is 204 Å². The number of aliphatic imine (C=N–C) groups is 1. The number of fused-ring (bicyclic) bond motifs is 1. The van der Waals surface area contributed by atoms with Crippen LogP contribution in [0.25, 0.3) is 0 Å². The van der Waals surface area contributed by atoms with Gasteiger partial charge in [-0.15, -0.1) is 4.33 Å². The Morgan fingerprint density at radius 3 is 2.68 bits per heavy atom. The van der Waals surface area contributed by atoms with E-state index in [4.69, 9.17) is 10.4 Å². The quantitative estimate of drug-likeness (QED) is 0.0845. The molecule has 0 unspecified atom stereocenters. The summed E-state index contributed by atoms with van der Waals surface area (Å²) in [6.07, 6.45) is 9.52. The predicted octanol–water partition coefficient (Wildman–Crippen LogP) is 6.48. The fraction of sp³-hybridized carbons (Fsp3) is 0.346. The number of nitrogens with zero attached hydrogens (tertiary/aromatic N) is 2. The number of carboxylic acid groups (broad SMARTS) is 1. The maximum atomic E-state index is 10.8. The molecule has 0 spiro atoms. The number of unbranched alkanes of at least 4 members (excludes halogenated alkanes) is 2. The summed E-state index contributed by atoms with van der Waals surface area (Å²) in [4.78, 5) is 16.1. The van der Waals surface area contributed by atoms with E-state index in [0.29, 0.717) is 12.8 Å². The van der Waals surface area contributed by atoms with Crippen LogP contribution in [0, 0.1) is 0 Å². The lowest BCUT2D eigenvalue weighted by Gasteiger charge is -2.16. The normalized spacial score (nSPS) is 14.9. The Hall–Kier alpha value is -2.78. The fourth-order valence-electron chi connectivity index (χ4n) is 4.14. The van der Waals surface area contributed by atoms with E-state index in [1.54, 1.807) is 0 Å². The van der Waals surface area contributed by atoms with Gasteiger partial charge in [0.2, 0.25) is 5.69 Å². The van der Waals surface area contributed by atoms with Crippen molar-refractivity contribution in [3.8, 4) is 0 Å². The molecule has 0 radical (unpaired) electrons. The van der Waals surface area contributed by atoms with Crippen LogP contribution < -0.4 is 0 Å². The Bertz CT molecular complexity index is 1060. The molecule has 180 valence electrons. The molecule has 2 aromatic rings. The molecule has 34 heavy (non-hydrogen) atoms. The highest BCUT2D eigenvalue weighted by atomic mass is 32.2. The van der Waals surface area contributed by atoms with Gasteiger partial charge in [0.25, 0.3) is 0 Å². The molecule has 1 aliphatic rings. The molecule has 0 saturated heterocycles. The fourth-order valence-corrected chi connectivity index (χ4v) is 4.54. The summed E-state index contributed by atoms with van der Waals surface area (Å²) in [7, 11) is 0. The van der Waals surface area contributed by atoms with E-state index in [1.807, 2.05) is 48.7 Å². The second-order valence-electron chi connectivity index (χ2n) is 8.56. The number of aliphatic carboxylic acids is 1. The zero-order chi connectivity index (χ0) is 24.4. The molecule has 0 amide bonds. The monoisotopic (exact) mass is 483 g/mol. The van der Waals surface area contributed by atoms with Crippen molar-refractivity contribution in [3.05, 3.63) is 66.2 Å². The molecular weight excluding hydrogens is 452 g/mol. The van der Waals surface area contributed by atoms with E-state index in [0.717, 1.165) is 53.3 Å². The van der Waals surface area contributed by atoms with Gasteiger partial charge < -0.3 is 5.11 Å². The summed E-state index contributed by atoms with van der Waals surface area (Å²) in [5, 5.41) is 21.1. The Kier molecular flexibility index (Phi) is 9.59. The minimum absolute atomic E-state index is 0.201. The molecule has 0 aromatic heterocycles. The third-order valence-electron chi connectivity index (χ3n) is 5.81. The zero-order valence-corrected chi connectivity index (χ0v) is 20.3. The smallest absolute Gasteiger partial charge is 0.303 e. The molecule has 7 nitrogen and oxygen atoms in total. The SMILES string of the molecule is CC1(C)C(C=CCC=Nc2ccccc2)=[N+](CCCCCC(=O)O)c2ccc(SOOO)cc21. The van der Waals surface area contributed by atoms with Crippen molar-refractivity contribution in [1.29, 1.82) is 0 Å².